The lowest BCUT2D eigenvalue weighted by Crippen LogP contribution is -2.34. The number of carbonyl (C=O) groups excluding carboxylic acids is 1. The summed E-state index contributed by atoms with van der Waals surface area (Å²) in [6.45, 7) is 1.36. The minimum Gasteiger partial charge on any atom is -0.346 e. The highest BCUT2D eigenvalue weighted by molar-refractivity contribution is 5.80. The topological polar surface area (TPSA) is 95.8 Å². The monoisotopic (exact) mass is 309 g/mol. The van der Waals surface area contributed by atoms with Gasteiger partial charge in [0.1, 0.15) is 5.65 Å². The molecule has 0 aliphatic carbocycles. The van der Waals surface area contributed by atoms with Crippen molar-refractivity contribution in [2.24, 2.45) is 5.73 Å². The second-order valence-corrected chi connectivity index (χ2v) is 5.22. The summed E-state index contributed by atoms with van der Waals surface area (Å²) in [5.74, 6) is 0. The fraction of sp³-hybridized carbons (Fsp3) is 0.176. The molecule has 2 aromatic heterocycles. The van der Waals surface area contributed by atoms with Crippen LogP contribution in [-0.2, 0) is 19.6 Å². The summed E-state index contributed by atoms with van der Waals surface area (Å²) in [6.07, 6.45) is 3.57. The van der Waals surface area contributed by atoms with Gasteiger partial charge in [0, 0.05) is 37.4 Å². The van der Waals surface area contributed by atoms with E-state index in [-0.39, 0.29) is 6.03 Å². The van der Waals surface area contributed by atoms with Crippen LogP contribution in [0.15, 0.2) is 48.8 Å². The predicted molar refractivity (Wildman–Crippen MR) is 89.5 cm³/mol. The number of hydrogen-bond acceptors (Lipinski definition) is 3. The number of rotatable bonds is 5. The van der Waals surface area contributed by atoms with Crippen molar-refractivity contribution in [1.29, 1.82) is 0 Å². The van der Waals surface area contributed by atoms with Gasteiger partial charge in [-0.15, -0.1) is 0 Å². The number of amides is 2. The third-order valence-electron chi connectivity index (χ3n) is 3.77. The van der Waals surface area contributed by atoms with E-state index in [0.29, 0.717) is 19.6 Å². The Morgan fingerprint density at radius 2 is 1.78 bits per heavy atom. The summed E-state index contributed by atoms with van der Waals surface area (Å²) in [5, 5.41) is 6.74. The number of aromatic nitrogens is 2. The van der Waals surface area contributed by atoms with Crippen LogP contribution >= 0.6 is 0 Å². The maximum Gasteiger partial charge on any atom is 0.315 e. The molecular formula is C17H19N5O. The predicted octanol–water partition coefficient (Wildman–Crippen LogP) is 2.02. The van der Waals surface area contributed by atoms with Crippen molar-refractivity contribution < 1.29 is 4.79 Å². The highest BCUT2D eigenvalue weighted by Crippen LogP contribution is 2.14. The van der Waals surface area contributed by atoms with Gasteiger partial charge in [0.25, 0.3) is 0 Å². The van der Waals surface area contributed by atoms with Crippen LogP contribution in [0.1, 0.15) is 16.7 Å². The van der Waals surface area contributed by atoms with Crippen LogP contribution in [0.25, 0.3) is 11.0 Å². The molecule has 3 rings (SSSR count). The molecule has 3 aromatic rings. The molecule has 118 valence electrons. The smallest absolute Gasteiger partial charge is 0.315 e. The van der Waals surface area contributed by atoms with Gasteiger partial charge in [0.05, 0.1) is 0 Å². The number of nitrogens with one attached hydrogen (secondary N) is 3. The van der Waals surface area contributed by atoms with Gasteiger partial charge in [-0.25, -0.2) is 9.78 Å². The Kier molecular flexibility index (Phi) is 4.54. The van der Waals surface area contributed by atoms with Crippen molar-refractivity contribution in [1.82, 2.24) is 20.6 Å². The molecule has 2 amide bonds. The van der Waals surface area contributed by atoms with Crippen LogP contribution in [-0.4, -0.2) is 16.0 Å². The summed E-state index contributed by atoms with van der Waals surface area (Å²) in [5.41, 5.74) is 9.61. The van der Waals surface area contributed by atoms with Crippen LogP contribution in [0.4, 0.5) is 4.79 Å². The van der Waals surface area contributed by atoms with Crippen LogP contribution in [0.2, 0.25) is 0 Å². The minimum absolute atomic E-state index is 0.211. The number of aromatic amines is 1. The number of urea groups is 1. The Morgan fingerprint density at radius 3 is 2.57 bits per heavy atom. The molecule has 23 heavy (non-hydrogen) atoms. The number of H-pyrrole nitrogens is 1. The van der Waals surface area contributed by atoms with E-state index in [0.717, 1.165) is 27.7 Å². The first kappa shape index (κ1) is 15.1. The molecule has 0 spiro atoms. The Labute approximate surface area is 134 Å². The summed E-state index contributed by atoms with van der Waals surface area (Å²) in [7, 11) is 0. The fourth-order valence-corrected chi connectivity index (χ4v) is 2.51. The van der Waals surface area contributed by atoms with Gasteiger partial charge < -0.3 is 21.4 Å². The zero-order valence-corrected chi connectivity index (χ0v) is 12.7. The average Bonchev–Trinajstić information content (AvgIpc) is 3.07. The molecule has 0 aliphatic heterocycles. The lowest BCUT2D eigenvalue weighted by atomic mass is 10.1. The molecule has 0 radical (unpaired) electrons. The lowest BCUT2D eigenvalue weighted by Gasteiger charge is -2.11. The molecule has 0 aliphatic rings. The Bertz CT molecular complexity index is 811. The van der Waals surface area contributed by atoms with E-state index >= 15 is 0 Å². The molecule has 5 N–H and O–H groups in total. The van der Waals surface area contributed by atoms with Crippen molar-refractivity contribution in [2.45, 2.75) is 19.6 Å². The summed E-state index contributed by atoms with van der Waals surface area (Å²) in [4.78, 5) is 19.3. The van der Waals surface area contributed by atoms with Crippen molar-refractivity contribution in [3.8, 4) is 0 Å². The van der Waals surface area contributed by atoms with E-state index in [1.54, 1.807) is 6.20 Å². The number of nitrogens with zero attached hydrogens (tertiary/aromatic N) is 1. The largest absolute Gasteiger partial charge is 0.346 e. The molecule has 0 bridgehead atoms. The number of carbonyl (C=O) groups is 1. The summed E-state index contributed by atoms with van der Waals surface area (Å²) in [6, 6.07) is 11.5. The average molecular weight is 309 g/mol. The number of fused-ring (bicyclic) bond motifs is 1. The molecular weight excluding hydrogens is 290 g/mol. The van der Waals surface area contributed by atoms with E-state index in [4.69, 9.17) is 5.73 Å². The van der Waals surface area contributed by atoms with E-state index in [2.05, 4.69) is 20.6 Å². The second kappa shape index (κ2) is 6.93. The first-order valence-corrected chi connectivity index (χ1v) is 7.47. The zero-order chi connectivity index (χ0) is 16.1. The van der Waals surface area contributed by atoms with Gasteiger partial charge in [-0.3, -0.25) is 0 Å². The van der Waals surface area contributed by atoms with Gasteiger partial charge in [-0.2, -0.15) is 0 Å². The molecule has 2 heterocycles. The molecule has 0 unspecified atom stereocenters. The van der Waals surface area contributed by atoms with E-state index < -0.39 is 0 Å². The fourth-order valence-electron chi connectivity index (χ4n) is 2.51. The first-order chi connectivity index (χ1) is 11.3. The number of benzene rings is 1. The van der Waals surface area contributed by atoms with Crippen molar-refractivity contribution in [3.63, 3.8) is 0 Å². The van der Waals surface area contributed by atoms with Gasteiger partial charge in [0.15, 0.2) is 0 Å². The molecule has 0 atom stereocenters. The lowest BCUT2D eigenvalue weighted by molar-refractivity contribution is 0.240. The van der Waals surface area contributed by atoms with Crippen molar-refractivity contribution in [3.05, 3.63) is 65.5 Å². The van der Waals surface area contributed by atoms with E-state index in [1.165, 1.54) is 0 Å². The molecule has 6 nitrogen and oxygen atoms in total. The summed E-state index contributed by atoms with van der Waals surface area (Å²) < 4.78 is 0. The third kappa shape index (κ3) is 3.49. The van der Waals surface area contributed by atoms with Crippen LogP contribution in [0.5, 0.6) is 0 Å². The van der Waals surface area contributed by atoms with Gasteiger partial charge in [0.2, 0.25) is 0 Å². The highest BCUT2D eigenvalue weighted by atomic mass is 16.2. The Balaban J connectivity index is 1.57. The Hall–Kier alpha value is -2.86. The van der Waals surface area contributed by atoms with E-state index in [1.807, 2.05) is 42.6 Å². The number of pyridine rings is 1. The number of nitrogens with two attached hydrogens (primary N) is 1. The van der Waals surface area contributed by atoms with Gasteiger partial charge in [-0.05, 0) is 28.8 Å². The minimum atomic E-state index is -0.211. The van der Waals surface area contributed by atoms with Gasteiger partial charge in [-0.1, -0.05) is 24.3 Å². The molecule has 0 saturated carbocycles. The number of hydrogen-bond donors (Lipinski definition) is 4. The zero-order valence-electron chi connectivity index (χ0n) is 12.7. The SMILES string of the molecule is NCc1ccccc1CNC(=O)NCc1ccnc2[nH]ccc12. The first-order valence-electron chi connectivity index (χ1n) is 7.47. The molecule has 1 aromatic carbocycles. The van der Waals surface area contributed by atoms with Crippen LogP contribution in [0.3, 0.4) is 0 Å². The Morgan fingerprint density at radius 1 is 1.04 bits per heavy atom. The molecule has 6 heteroatoms. The van der Waals surface area contributed by atoms with Crippen molar-refractivity contribution >= 4 is 17.1 Å². The van der Waals surface area contributed by atoms with Crippen LogP contribution in [0, 0.1) is 0 Å². The molecule has 0 saturated heterocycles. The normalized spacial score (nSPS) is 10.7. The van der Waals surface area contributed by atoms with Crippen LogP contribution < -0.4 is 16.4 Å². The standard InChI is InChI=1S/C17H19N5O/c18-9-12-3-1-2-4-13(12)10-21-17(23)22-11-14-5-7-19-16-15(14)6-8-20-16/h1-8H,9-11,18H2,(H,19,20)(H2,21,22,23). The quantitative estimate of drug-likeness (QED) is 0.580. The maximum absolute atomic E-state index is 12.0. The third-order valence-corrected chi connectivity index (χ3v) is 3.77. The maximum atomic E-state index is 12.0. The van der Waals surface area contributed by atoms with E-state index in [9.17, 15) is 4.79 Å². The highest BCUT2D eigenvalue weighted by Gasteiger charge is 2.06. The second-order valence-electron chi connectivity index (χ2n) is 5.22. The van der Waals surface area contributed by atoms with Crippen molar-refractivity contribution in [2.75, 3.05) is 0 Å². The molecule has 0 fully saturated rings. The summed E-state index contributed by atoms with van der Waals surface area (Å²) >= 11 is 0. The van der Waals surface area contributed by atoms with Gasteiger partial charge >= 0.3 is 6.03 Å².